The van der Waals surface area contributed by atoms with Gasteiger partial charge in [0.05, 0.1) is 16.8 Å². The number of carbonyl (C=O) groups is 1. The average molecular weight is 413 g/mol. The predicted molar refractivity (Wildman–Crippen MR) is 121 cm³/mol. The van der Waals surface area contributed by atoms with Gasteiger partial charge in [-0.05, 0) is 67.4 Å². The van der Waals surface area contributed by atoms with E-state index in [-0.39, 0.29) is 5.91 Å². The van der Waals surface area contributed by atoms with Crippen LogP contribution in [0.15, 0.2) is 71.7 Å². The minimum atomic E-state index is -0.312. The van der Waals surface area contributed by atoms with E-state index in [1.165, 1.54) is 16.9 Å². The normalized spacial score (nSPS) is 11.4. The first-order chi connectivity index (χ1) is 14.5. The maximum Gasteiger partial charge on any atom is 0.279 e. The van der Waals surface area contributed by atoms with Crippen LogP contribution in [0.4, 0.5) is 0 Å². The smallest absolute Gasteiger partial charge is 0.279 e. The van der Waals surface area contributed by atoms with E-state index in [4.69, 9.17) is 11.2 Å². The number of aryl methyl sites for hydroxylation is 2. The molecule has 4 aromatic rings. The van der Waals surface area contributed by atoms with Crippen molar-refractivity contribution in [1.29, 1.82) is 0 Å². The van der Waals surface area contributed by atoms with Gasteiger partial charge in [-0.2, -0.15) is 4.99 Å². The molecule has 3 aromatic carbocycles. The van der Waals surface area contributed by atoms with Gasteiger partial charge in [0.15, 0.2) is 4.80 Å². The summed E-state index contributed by atoms with van der Waals surface area (Å²) in [4.78, 5) is 17.8. The molecule has 30 heavy (non-hydrogen) atoms. The summed E-state index contributed by atoms with van der Waals surface area (Å²) in [5.74, 6) is 3.76. The summed E-state index contributed by atoms with van der Waals surface area (Å²) >= 11 is 1.48. The maximum atomic E-state index is 12.8. The average Bonchev–Trinajstić information content (AvgIpc) is 3.06. The third kappa shape index (κ3) is 4.05. The monoisotopic (exact) mass is 412 g/mol. The van der Waals surface area contributed by atoms with Gasteiger partial charge in [-0.1, -0.05) is 41.5 Å². The molecule has 0 aliphatic heterocycles. The molecule has 0 atom stereocenters. The van der Waals surface area contributed by atoms with E-state index in [0.717, 1.165) is 21.5 Å². The molecule has 0 spiro atoms. The van der Waals surface area contributed by atoms with Crippen molar-refractivity contribution in [2.75, 3.05) is 0 Å². The summed E-state index contributed by atoms with van der Waals surface area (Å²) in [6.07, 6.45) is 5.57. The van der Waals surface area contributed by atoms with Crippen molar-refractivity contribution in [3.05, 3.63) is 88.2 Å². The van der Waals surface area contributed by atoms with Crippen LogP contribution in [-0.4, -0.2) is 10.5 Å². The van der Waals surface area contributed by atoms with Crippen LogP contribution in [0.25, 0.3) is 10.2 Å². The Labute approximate surface area is 179 Å². The number of fused-ring (bicyclic) bond motifs is 1. The number of hydrogen-bond donors (Lipinski definition) is 0. The number of benzene rings is 3. The van der Waals surface area contributed by atoms with Crippen LogP contribution in [0, 0.1) is 26.2 Å². The van der Waals surface area contributed by atoms with Crippen molar-refractivity contribution < 1.29 is 9.53 Å². The minimum absolute atomic E-state index is 0.312. The van der Waals surface area contributed by atoms with Gasteiger partial charge >= 0.3 is 0 Å². The second-order valence-electron chi connectivity index (χ2n) is 6.96. The molecule has 0 radical (unpaired) electrons. The molecule has 5 heteroatoms. The Hall–Kier alpha value is -3.62. The van der Waals surface area contributed by atoms with Crippen LogP contribution in [0.1, 0.15) is 21.5 Å². The van der Waals surface area contributed by atoms with Crippen LogP contribution in [0.2, 0.25) is 0 Å². The number of ether oxygens (including phenoxy) is 1. The van der Waals surface area contributed by atoms with E-state index < -0.39 is 0 Å². The van der Waals surface area contributed by atoms with Gasteiger partial charge in [-0.15, -0.1) is 6.42 Å². The molecule has 0 saturated heterocycles. The van der Waals surface area contributed by atoms with Crippen LogP contribution >= 0.6 is 11.3 Å². The van der Waals surface area contributed by atoms with Gasteiger partial charge < -0.3 is 9.30 Å². The van der Waals surface area contributed by atoms with E-state index in [9.17, 15) is 4.79 Å². The van der Waals surface area contributed by atoms with Gasteiger partial charge in [0.25, 0.3) is 5.91 Å². The lowest BCUT2D eigenvalue weighted by Gasteiger charge is -2.05. The minimum Gasteiger partial charge on any atom is -0.457 e. The van der Waals surface area contributed by atoms with E-state index in [1.807, 2.05) is 41.8 Å². The van der Waals surface area contributed by atoms with Crippen molar-refractivity contribution in [3.63, 3.8) is 0 Å². The second-order valence-corrected chi connectivity index (χ2v) is 7.97. The molecule has 0 bridgehead atoms. The zero-order chi connectivity index (χ0) is 21.1. The molecular weight excluding hydrogens is 392 g/mol. The molecule has 0 unspecified atom stereocenters. The van der Waals surface area contributed by atoms with Crippen molar-refractivity contribution in [2.45, 2.75) is 20.4 Å². The van der Waals surface area contributed by atoms with Crippen LogP contribution in [0.3, 0.4) is 0 Å². The first kappa shape index (κ1) is 19.7. The fraction of sp³-hybridized carbons (Fsp3) is 0.120. The number of amides is 1. The third-order valence-corrected chi connectivity index (χ3v) is 5.66. The quantitative estimate of drug-likeness (QED) is 0.416. The number of terminal acetylenes is 1. The first-order valence-electron chi connectivity index (χ1n) is 9.51. The lowest BCUT2D eigenvalue weighted by Crippen LogP contribution is -2.16. The van der Waals surface area contributed by atoms with E-state index in [0.29, 0.717) is 22.7 Å². The Balaban J connectivity index is 1.67. The Morgan fingerprint density at radius 3 is 2.47 bits per heavy atom. The number of para-hydroxylation sites is 1. The highest BCUT2D eigenvalue weighted by Gasteiger charge is 2.11. The molecule has 0 aliphatic carbocycles. The zero-order valence-electron chi connectivity index (χ0n) is 16.8. The first-order valence-corrected chi connectivity index (χ1v) is 10.3. The lowest BCUT2D eigenvalue weighted by molar-refractivity contribution is 0.0998. The zero-order valence-corrected chi connectivity index (χ0v) is 17.6. The summed E-state index contributed by atoms with van der Waals surface area (Å²) in [6.45, 7) is 4.46. The van der Waals surface area contributed by atoms with Crippen molar-refractivity contribution >= 4 is 27.5 Å². The summed E-state index contributed by atoms with van der Waals surface area (Å²) in [6, 6.07) is 20.7. The van der Waals surface area contributed by atoms with Gasteiger partial charge in [-0.3, -0.25) is 4.79 Å². The highest BCUT2D eigenvalue weighted by Crippen LogP contribution is 2.24. The second kappa shape index (κ2) is 8.40. The molecule has 0 fully saturated rings. The lowest BCUT2D eigenvalue weighted by atomic mass is 10.1. The van der Waals surface area contributed by atoms with E-state index in [1.54, 1.807) is 24.3 Å². The summed E-state index contributed by atoms with van der Waals surface area (Å²) in [5.41, 5.74) is 3.81. The standard InChI is InChI=1S/C25H20N2O2S/c1-4-14-27-23-18(3)15-17(2)16-22(23)30-25(27)26-24(28)19-10-12-21(13-11-19)29-20-8-6-5-7-9-20/h1,5-13,15-16H,14H2,2-3H3. The summed E-state index contributed by atoms with van der Waals surface area (Å²) in [7, 11) is 0. The SMILES string of the molecule is C#CCn1c(=NC(=O)c2ccc(Oc3ccccc3)cc2)sc2cc(C)cc(C)c21. The Morgan fingerprint density at radius 2 is 1.77 bits per heavy atom. The maximum absolute atomic E-state index is 12.8. The number of carbonyl (C=O) groups excluding carboxylic acids is 1. The molecule has 4 nitrogen and oxygen atoms in total. The van der Waals surface area contributed by atoms with Crippen LogP contribution in [-0.2, 0) is 6.54 Å². The van der Waals surface area contributed by atoms with E-state index >= 15 is 0 Å². The van der Waals surface area contributed by atoms with Crippen molar-refractivity contribution in [1.82, 2.24) is 4.57 Å². The highest BCUT2D eigenvalue weighted by atomic mass is 32.1. The molecule has 0 saturated carbocycles. The number of thiazole rings is 1. The Morgan fingerprint density at radius 1 is 1.07 bits per heavy atom. The van der Waals surface area contributed by atoms with Gasteiger partial charge in [0, 0.05) is 5.56 Å². The molecular formula is C25H20N2O2S. The topological polar surface area (TPSA) is 43.6 Å². The fourth-order valence-electron chi connectivity index (χ4n) is 3.36. The number of nitrogens with zero attached hydrogens (tertiary/aromatic N) is 2. The van der Waals surface area contributed by atoms with E-state index in [2.05, 4.69) is 30.0 Å². The fourth-order valence-corrected chi connectivity index (χ4v) is 4.56. The number of rotatable bonds is 4. The van der Waals surface area contributed by atoms with Gasteiger partial charge in [-0.25, -0.2) is 0 Å². The van der Waals surface area contributed by atoms with Gasteiger partial charge in [0.1, 0.15) is 11.5 Å². The summed E-state index contributed by atoms with van der Waals surface area (Å²) in [5, 5.41) is 0. The molecule has 4 rings (SSSR count). The molecule has 148 valence electrons. The Bertz CT molecular complexity index is 1320. The largest absolute Gasteiger partial charge is 0.457 e. The predicted octanol–water partition coefficient (Wildman–Crippen LogP) is 5.49. The molecule has 1 aromatic heterocycles. The van der Waals surface area contributed by atoms with Crippen LogP contribution < -0.4 is 9.54 Å². The van der Waals surface area contributed by atoms with Crippen LogP contribution in [0.5, 0.6) is 11.5 Å². The Kier molecular flexibility index (Phi) is 5.51. The van der Waals surface area contributed by atoms with Gasteiger partial charge in [0.2, 0.25) is 0 Å². The van der Waals surface area contributed by atoms with Crippen molar-refractivity contribution in [3.8, 4) is 23.8 Å². The highest BCUT2D eigenvalue weighted by molar-refractivity contribution is 7.16. The van der Waals surface area contributed by atoms with Crippen molar-refractivity contribution in [2.24, 2.45) is 4.99 Å². The molecule has 0 aliphatic rings. The number of aromatic nitrogens is 1. The molecule has 0 N–H and O–H groups in total. The number of hydrogen-bond acceptors (Lipinski definition) is 3. The summed E-state index contributed by atoms with van der Waals surface area (Å²) < 4.78 is 8.78. The third-order valence-electron chi connectivity index (χ3n) is 4.64. The molecule has 1 amide bonds. The molecule has 1 heterocycles.